The predicted octanol–water partition coefficient (Wildman–Crippen LogP) is 20.1. The molecule has 2 nitrogen and oxygen atoms in total. The van der Waals surface area contributed by atoms with Crippen LogP contribution in [0.4, 0.5) is 0 Å². The van der Waals surface area contributed by atoms with E-state index in [0.717, 1.165) is 36.9 Å². The quantitative estimate of drug-likeness (QED) is 0.154. The molecule has 392 valence electrons. The first-order chi connectivity index (χ1) is 32.8. The Labute approximate surface area is 435 Å². The van der Waals surface area contributed by atoms with Crippen molar-refractivity contribution in [1.82, 2.24) is 0 Å². The summed E-state index contributed by atoms with van der Waals surface area (Å²) in [6, 6.07) is 30.4. The van der Waals surface area contributed by atoms with Crippen LogP contribution >= 0.6 is 0 Å². The van der Waals surface area contributed by atoms with Crippen LogP contribution in [0.25, 0.3) is 0 Å². The highest BCUT2D eigenvalue weighted by atomic mass is 16.5. The van der Waals surface area contributed by atoms with Crippen molar-refractivity contribution in [3.8, 4) is 0 Å². The smallest absolute Gasteiger partial charge is 0.0547 e. The molecule has 70 heavy (non-hydrogen) atoms. The third kappa shape index (κ3) is 28.8. The van der Waals surface area contributed by atoms with E-state index >= 15 is 0 Å². The molecule has 8 rings (SSSR count). The topological polar surface area (TPSA) is 18.5 Å². The summed E-state index contributed by atoms with van der Waals surface area (Å²) >= 11 is 0. The maximum absolute atomic E-state index is 5.39. The maximum atomic E-state index is 5.39. The van der Waals surface area contributed by atoms with Crippen LogP contribution in [0.3, 0.4) is 0 Å². The van der Waals surface area contributed by atoms with Gasteiger partial charge < -0.3 is 9.47 Å². The third-order valence-electron chi connectivity index (χ3n) is 14.5. The van der Waals surface area contributed by atoms with Crippen molar-refractivity contribution in [1.29, 1.82) is 0 Å². The Hall–Kier alpha value is -3.98. The van der Waals surface area contributed by atoms with Gasteiger partial charge in [-0.05, 0) is 230 Å². The van der Waals surface area contributed by atoms with Gasteiger partial charge in [0.1, 0.15) is 0 Å². The molecule has 1 aliphatic carbocycles. The number of rotatable bonds is 0. The monoisotopic (exact) mass is 957 g/mol. The van der Waals surface area contributed by atoms with Gasteiger partial charge in [-0.15, -0.1) is 0 Å². The molecule has 3 fully saturated rings. The Morgan fingerprint density at radius 3 is 0.729 bits per heavy atom. The number of ether oxygens (including phenoxy) is 2. The molecular weight excluding hydrogens is 849 g/mol. The summed E-state index contributed by atoms with van der Waals surface area (Å²) in [5.41, 5.74) is 22.0. The standard InChI is InChI=1S/2C10H14.2C9H12.C8H16.C8H10.2C7H14O.H2/c2*1-7-5-8(2)10(4)9(3)6-7;2*1-7-4-5-8(2)9(3)6-7;2*1-7-3-5-8(2)6-4-7;2*1-6-3-4-7(2)8-5-6;/h2*5-6H,1-4H3;2*4-6H,1-3H3;7-8H,3-6H2,1-2H3;3-6H,1-2H3;2*6-7H,3-5H2,1-2H3;1H. The first-order valence-electron chi connectivity index (χ1n) is 27.2. The summed E-state index contributed by atoms with van der Waals surface area (Å²) in [6.45, 7) is 49.7. The van der Waals surface area contributed by atoms with E-state index in [-0.39, 0.29) is 1.43 Å². The Morgan fingerprint density at radius 2 is 0.514 bits per heavy atom. The summed E-state index contributed by atoms with van der Waals surface area (Å²) in [6.07, 6.45) is 12.1. The summed E-state index contributed by atoms with van der Waals surface area (Å²) in [5.74, 6) is 3.63. The fraction of sp³-hybridized carbons (Fsp3) is 0.559. The van der Waals surface area contributed by atoms with E-state index in [1.54, 1.807) is 0 Å². The summed E-state index contributed by atoms with van der Waals surface area (Å²) < 4.78 is 10.8. The van der Waals surface area contributed by atoms with Gasteiger partial charge in [0.2, 0.25) is 0 Å². The first-order valence-corrected chi connectivity index (χ1v) is 27.2. The number of benzene rings is 5. The molecule has 0 bridgehead atoms. The number of hydrogen-bond acceptors (Lipinski definition) is 2. The van der Waals surface area contributed by atoms with Crippen molar-refractivity contribution >= 4 is 0 Å². The molecule has 2 heteroatoms. The minimum absolute atomic E-state index is 0. The summed E-state index contributed by atoms with van der Waals surface area (Å²) in [7, 11) is 0. The van der Waals surface area contributed by atoms with Gasteiger partial charge in [-0.25, -0.2) is 0 Å². The van der Waals surface area contributed by atoms with Crippen molar-refractivity contribution in [2.24, 2.45) is 23.7 Å². The summed E-state index contributed by atoms with van der Waals surface area (Å²) in [4.78, 5) is 0. The molecule has 0 radical (unpaired) electrons. The second-order valence-electron chi connectivity index (χ2n) is 22.4. The van der Waals surface area contributed by atoms with Gasteiger partial charge in [0.05, 0.1) is 12.2 Å². The first kappa shape index (κ1) is 64.0. The van der Waals surface area contributed by atoms with Crippen LogP contribution in [0.1, 0.15) is 183 Å². The number of hydrogen-bond donors (Lipinski definition) is 0. The van der Waals surface area contributed by atoms with E-state index in [1.807, 2.05) is 0 Å². The molecule has 0 amide bonds. The molecule has 2 aliphatic heterocycles. The van der Waals surface area contributed by atoms with E-state index in [0.29, 0.717) is 12.2 Å². The average molecular weight is 958 g/mol. The normalized spacial score (nSPS) is 20.0. The lowest BCUT2D eigenvalue weighted by Crippen LogP contribution is -2.21. The minimum atomic E-state index is 0. The van der Waals surface area contributed by atoms with Gasteiger partial charge in [0.25, 0.3) is 0 Å². The Bertz CT molecular complexity index is 1920. The van der Waals surface area contributed by atoms with Crippen molar-refractivity contribution in [2.75, 3.05) is 13.2 Å². The molecule has 0 aromatic heterocycles. The zero-order valence-electron chi connectivity index (χ0n) is 49.4. The van der Waals surface area contributed by atoms with Gasteiger partial charge in [-0.3, -0.25) is 0 Å². The maximum Gasteiger partial charge on any atom is 0.0547 e. The summed E-state index contributed by atoms with van der Waals surface area (Å²) in [5, 5.41) is 0. The van der Waals surface area contributed by atoms with Crippen LogP contribution < -0.4 is 0 Å². The molecule has 5 aromatic carbocycles. The average Bonchev–Trinajstić information content (AvgIpc) is 3.30. The minimum Gasteiger partial charge on any atom is -0.378 e. The van der Waals surface area contributed by atoms with E-state index in [9.17, 15) is 0 Å². The highest BCUT2D eigenvalue weighted by Crippen LogP contribution is 2.27. The molecule has 3 aliphatic rings. The van der Waals surface area contributed by atoms with Crippen molar-refractivity contribution < 1.29 is 10.9 Å². The fourth-order valence-corrected chi connectivity index (χ4v) is 8.38. The van der Waals surface area contributed by atoms with Crippen molar-refractivity contribution in [3.63, 3.8) is 0 Å². The lowest BCUT2D eigenvalue weighted by molar-refractivity contribution is 0.000174. The van der Waals surface area contributed by atoms with Crippen LogP contribution in [0, 0.1) is 134 Å². The second-order valence-corrected chi connectivity index (χ2v) is 22.4. The van der Waals surface area contributed by atoms with E-state index in [1.165, 1.54) is 140 Å². The van der Waals surface area contributed by atoms with Crippen LogP contribution in [-0.4, -0.2) is 25.4 Å². The highest BCUT2D eigenvalue weighted by molar-refractivity contribution is 5.37. The molecule has 2 heterocycles. The fourth-order valence-electron chi connectivity index (χ4n) is 8.38. The third-order valence-corrected chi connectivity index (χ3v) is 14.5. The van der Waals surface area contributed by atoms with Gasteiger partial charge in [0.15, 0.2) is 0 Å². The van der Waals surface area contributed by atoms with Crippen LogP contribution in [-0.2, 0) is 9.47 Å². The predicted molar refractivity (Wildman–Crippen MR) is 315 cm³/mol. The second kappa shape index (κ2) is 34.4. The van der Waals surface area contributed by atoms with Crippen molar-refractivity contribution in [2.45, 2.75) is 216 Å². The zero-order chi connectivity index (χ0) is 53.1. The van der Waals surface area contributed by atoms with Crippen LogP contribution in [0.15, 0.2) is 84.9 Å². The molecule has 4 atom stereocenters. The zero-order valence-corrected chi connectivity index (χ0v) is 49.4. The van der Waals surface area contributed by atoms with Crippen molar-refractivity contribution in [3.05, 3.63) is 174 Å². The lowest BCUT2D eigenvalue weighted by atomic mass is 9.84. The van der Waals surface area contributed by atoms with Gasteiger partial charge in [0, 0.05) is 14.6 Å². The molecule has 2 saturated heterocycles. The Kier molecular flexibility index (Phi) is 31.5. The van der Waals surface area contributed by atoms with E-state index in [4.69, 9.17) is 9.47 Å². The SMILES string of the molecule is CC1CCC(C)CC1.CC1CCC(C)OC1.CC1CCC(C)OC1.Cc1cc(C)c(C)c(C)c1.Cc1cc(C)c(C)c(C)c1.Cc1ccc(C)c(C)c1.Cc1ccc(C)c(C)c1.Cc1ccc(C)cc1.[HH]. The molecule has 4 unspecified atom stereocenters. The largest absolute Gasteiger partial charge is 0.378 e. The molecule has 0 spiro atoms. The van der Waals surface area contributed by atoms with E-state index in [2.05, 4.69) is 237 Å². The van der Waals surface area contributed by atoms with Gasteiger partial charge >= 0.3 is 0 Å². The Morgan fingerprint density at radius 1 is 0.271 bits per heavy atom. The van der Waals surface area contributed by atoms with Gasteiger partial charge in [-0.2, -0.15) is 0 Å². The van der Waals surface area contributed by atoms with Crippen LogP contribution in [0.2, 0.25) is 0 Å². The van der Waals surface area contributed by atoms with Crippen LogP contribution in [0.5, 0.6) is 0 Å². The highest BCUT2D eigenvalue weighted by Gasteiger charge is 2.15. The molecular formula is C68H108O2. The van der Waals surface area contributed by atoms with Gasteiger partial charge in [-0.1, -0.05) is 172 Å². The lowest BCUT2D eigenvalue weighted by Gasteiger charge is -2.23. The molecule has 0 N–H and O–H groups in total. The number of aryl methyl sites for hydroxylation is 14. The molecule has 5 aromatic rings. The molecule has 1 saturated carbocycles. The Balaban J connectivity index is 0.000000788. The van der Waals surface area contributed by atoms with E-state index < -0.39 is 0 Å².